The fraction of sp³-hybridized carbons (Fsp3) is 0.222. The van der Waals surface area contributed by atoms with Crippen LogP contribution in [0, 0.1) is 0 Å². The summed E-state index contributed by atoms with van der Waals surface area (Å²) in [4.78, 5) is 17.6. The molecule has 1 unspecified atom stereocenters. The monoisotopic (exact) mass is 380 g/mol. The summed E-state index contributed by atoms with van der Waals surface area (Å²) in [5, 5.41) is 23.6. The SMILES string of the molecule is CC(O)c1nc2c(s1)c1cnn(Cc3cccc4[nH]ncc34)c(=O)c1n2C. The van der Waals surface area contributed by atoms with E-state index in [-0.39, 0.29) is 5.56 Å². The lowest BCUT2D eigenvalue weighted by Crippen LogP contribution is -2.24. The average Bonchev–Trinajstić information content (AvgIpc) is 3.34. The number of H-pyrrole nitrogens is 1. The van der Waals surface area contributed by atoms with Crippen LogP contribution in [0.3, 0.4) is 0 Å². The van der Waals surface area contributed by atoms with Crippen molar-refractivity contribution in [2.75, 3.05) is 0 Å². The van der Waals surface area contributed by atoms with E-state index in [1.165, 1.54) is 16.0 Å². The summed E-state index contributed by atoms with van der Waals surface area (Å²) in [6.45, 7) is 2.04. The molecule has 0 amide bonds. The van der Waals surface area contributed by atoms with Gasteiger partial charge in [-0.25, -0.2) is 9.67 Å². The number of nitrogens with zero attached hydrogens (tertiary/aromatic N) is 5. The third kappa shape index (κ3) is 2.32. The molecule has 4 heterocycles. The van der Waals surface area contributed by atoms with Crippen LogP contribution in [0.15, 0.2) is 35.4 Å². The van der Waals surface area contributed by atoms with Gasteiger partial charge >= 0.3 is 0 Å². The molecule has 0 aliphatic heterocycles. The topological polar surface area (TPSA) is 102 Å². The summed E-state index contributed by atoms with van der Waals surface area (Å²) in [5.41, 5.74) is 2.99. The van der Waals surface area contributed by atoms with Crippen LogP contribution in [0.5, 0.6) is 0 Å². The molecule has 0 saturated heterocycles. The predicted molar refractivity (Wildman–Crippen MR) is 104 cm³/mol. The summed E-state index contributed by atoms with van der Waals surface area (Å²) >= 11 is 1.39. The number of thiazole rings is 1. The quantitative estimate of drug-likeness (QED) is 0.500. The molecule has 5 aromatic rings. The van der Waals surface area contributed by atoms with Gasteiger partial charge in [0.2, 0.25) is 0 Å². The first-order chi connectivity index (χ1) is 13.0. The van der Waals surface area contributed by atoms with Crippen LogP contribution >= 0.6 is 11.3 Å². The van der Waals surface area contributed by atoms with Gasteiger partial charge in [0.05, 0.1) is 29.2 Å². The maximum Gasteiger partial charge on any atom is 0.291 e. The number of aliphatic hydroxyl groups is 1. The normalized spacial score (nSPS) is 13.1. The number of nitrogens with one attached hydrogen (secondary N) is 1. The molecule has 136 valence electrons. The standard InChI is InChI=1S/C18H16N6O2S/c1-9(25)17-21-16-15(27-17)12-7-20-24(18(26)14(12)23(16)2)8-10-4-3-5-13-11(10)6-19-22-13/h3-7,9,25H,8H2,1-2H3,(H,19,22). The van der Waals surface area contributed by atoms with Crippen molar-refractivity contribution in [3.05, 3.63) is 51.5 Å². The summed E-state index contributed by atoms with van der Waals surface area (Å²) in [5.74, 6) is 0. The minimum atomic E-state index is -0.638. The van der Waals surface area contributed by atoms with Crippen molar-refractivity contribution in [3.63, 3.8) is 0 Å². The van der Waals surface area contributed by atoms with E-state index in [4.69, 9.17) is 0 Å². The Balaban J connectivity index is 1.68. The van der Waals surface area contributed by atoms with Crippen molar-refractivity contribution in [1.29, 1.82) is 0 Å². The average molecular weight is 380 g/mol. The van der Waals surface area contributed by atoms with Gasteiger partial charge in [0.25, 0.3) is 5.56 Å². The molecule has 8 nitrogen and oxygen atoms in total. The largest absolute Gasteiger partial charge is 0.386 e. The molecule has 0 fully saturated rings. The van der Waals surface area contributed by atoms with Crippen molar-refractivity contribution in [2.45, 2.75) is 19.6 Å². The highest BCUT2D eigenvalue weighted by Gasteiger charge is 2.19. The first kappa shape index (κ1) is 16.2. The Morgan fingerprint density at radius 1 is 1.30 bits per heavy atom. The number of aryl methyl sites for hydroxylation is 1. The fourth-order valence-electron chi connectivity index (χ4n) is 3.43. The summed E-state index contributed by atoms with van der Waals surface area (Å²) in [6, 6.07) is 5.84. The second kappa shape index (κ2) is 5.73. The zero-order valence-electron chi connectivity index (χ0n) is 14.7. The molecular weight excluding hydrogens is 364 g/mol. The van der Waals surface area contributed by atoms with E-state index in [9.17, 15) is 9.90 Å². The Kier molecular flexibility index (Phi) is 3.43. The van der Waals surface area contributed by atoms with Crippen molar-refractivity contribution in [3.8, 4) is 0 Å². The van der Waals surface area contributed by atoms with E-state index < -0.39 is 6.10 Å². The molecule has 5 rings (SSSR count). The third-order valence-corrected chi connectivity index (χ3v) is 6.04. The molecule has 27 heavy (non-hydrogen) atoms. The first-order valence-corrected chi connectivity index (χ1v) is 9.30. The number of hydrogen-bond acceptors (Lipinski definition) is 6. The smallest absolute Gasteiger partial charge is 0.291 e. The molecule has 0 spiro atoms. The molecule has 0 saturated carbocycles. The van der Waals surface area contributed by atoms with Gasteiger partial charge in [-0.2, -0.15) is 10.2 Å². The molecule has 1 atom stereocenters. The van der Waals surface area contributed by atoms with Gasteiger partial charge in [0.1, 0.15) is 16.6 Å². The molecule has 0 aliphatic carbocycles. The van der Waals surface area contributed by atoms with Crippen molar-refractivity contribution >= 4 is 43.5 Å². The third-order valence-electron chi connectivity index (χ3n) is 4.79. The molecule has 0 bridgehead atoms. The number of rotatable bonds is 3. The van der Waals surface area contributed by atoms with Crippen LogP contribution in [0.25, 0.3) is 32.2 Å². The molecule has 4 aromatic heterocycles. The number of hydrogen-bond donors (Lipinski definition) is 2. The van der Waals surface area contributed by atoms with Crippen LogP contribution in [0.4, 0.5) is 0 Å². The van der Waals surface area contributed by atoms with E-state index in [0.717, 1.165) is 26.6 Å². The highest BCUT2D eigenvalue weighted by molar-refractivity contribution is 7.19. The van der Waals surface area contributed by atoms with E-state index in [2.05, 4.69) is 20.3 Å². The van der Waals surface area contributed by atoms with Gasteiger partial charge < -0.3 is 9.67 Å². The zero-order chi connectivity index (χ0) is 18.7. The summed E-state index contributed by atoms with van der Waals surface area (Å²) in [6.07, 6.45) is 2.83. The Morgan fingerprint density at radius 2 is 2.15 bits per heavy atom. The van der Waals surface area contributed by atoms with Crippen LogP contribution in [0.2, 0.25) is 0 Å². The highest BCUT2D eigenvalue weighted by atomic mass is 32.1. The van der Waals surface area contributed by atoms with Crippen LogP contribution < -0.4 is 5.56 Å². The molecule has 0 aliphatic rings. The van der Waals surface area contributed by atoms with Gasteiger partial charge in [-0.3, -0.25) is 9.89 Å². The van der Waals surface area contributed by atoms with Gasteiger partial charge in [-0.05, 0) is 18.6 Å². The fourth-order valence-corrected chi connectivity index (χ4v) is 4.47. The Morgan fingerprint density at radius 3 is 2.96 bits per heavy atom. The van der Waals surface area contributed by atoms with Gasteiger partial charge in [0, 0.05) is 17.8 Å². The van der Waals surface area contributed by atoms with E-state index in [1.54, 1.807) is 23.9 Å². The first-order valence-electron chi connectivity index (χ1n) is 8.48. The summed E-state index contributed by atoms with van der Waals surface area (Å²) in [7, 11) is 1.82. The predicted octanol–water partition coefficient (Wildman–Crippen LogP) is 2.32. The molecule has 1 aromatic carbocycles. The van der Waals surface area contributed by atoms with Crippen LogP contribution in [0.1, 0.15) is 23.6 Å². The highest BCUT2D eigenvalue weighted by Crippen LogP contribution is 2.33. The van der Waals surface area contributed by atoms with Crippen molar-refractivity contribution in [2.24, 2.45) is 7.05 Å². The van der Waals surface area contributed by atoms with Crippen molar-refractivity contribution in [1.82, 2.24) is 29.5 Å². The molecule has 2 N–H and O–H groups in total. The number of aliphatic hydroxyl groups excluding tert-OH is 1. The van der Waals surface area contributed by atoms with Crippen LogP contribution in [-0.4, -0.2) is 34.6 Å². The molecular formula is C18H16N6O2S. The number of aromatic nitrogens is 6. The van der Waals surface area contributed by atoms with Gasteiger partial charge in [-0.1, -0.05) is 12.1 Å². The van der Waals surface area contributed by atoms with Gasteiger partial charge in [-0.15, -0.1) is 11.3 Å². The maximum absolute atomic E-state index is 13.1. The molecule has 9 heteroatoms. The summed E-state index contributed by atoms with van der Waals surface area (Å²) < 4.78 is 4.12. The Bertz CT molecular complexity index is 1370. The number of aromatic amines is 1. The lowest BCUT2D eigenvalue weighted by atomic mass is 10.1. The molecule has 0 radical (unpaired) electrons. The minimum absolute atomic E-state index is 0.167. The lowest BCUT2D eigenvalue weighted by molar-refractivity contribution is 0.199. The second-order valence-electron chi connectivity index (χ2n) is 6.56. The van der Waals surface area contributed by atoms with E-state index in [0.29, 0.717) is 22.7 Å². The number of benzene rings is 1. The van der Waals surface area contributed by atoms with Crippen LogP contribution in [-0.2, 0) is 13.6 Å². The van der Waals surface area contributed by atoms with Gasteiger partial charge in [0.15, 0.2) is 5.65 Å². The zero-order valence-corrected chi connectivity index (χ0v) is 15.5. The Labute approximate surface area is 156 Å². The Hall–Kier alpha value is -3.04. The minimum Gasteiger partial charge on any atom is -0.386 e. The second-order valence-corrected chi connectivity index (χ2v) is 7.59. The number of fused-ring (bicyclic) bond motifs is 4. The maximum atomic E-state index is 13.1. The van der Waals surface area contributed by atoms with Crippen molar-refractivity contribution < 1.29 is 5.11 Å². The van der Waals surface area contributed by atoms with E-state index in [1.807, 2.05) is 25.2 Å². The lowest BCUT2D eigenvalue weighted by Gasteiger charge is -2.07. The van der Waals surface area contributed by atoms with E-state index >= 15 is 0 Å².